The van der Waals surface area contributed by atoms with Crippen LogP contribution < -0.4 is 27.2 Å². The van der Waals surface area contributed by atoms with Crippen molar-refractivity contribution >= 4 is 115 Å². The van der Waals surface area contributed by atoms with Gasteiger partial charge in [0, 0.05) is 17.5 Å². The van der Waals surface area contributed by atoms with Gasteiger partial charge in [0.15, 0.2) is 11.5 Å². The summed E-state index contributed by atoms with van der Waals surface area (Å²) >= 11 is 0. The summed E-state index contributed by atoms with van der Waals surface area (Å²) in [7, 11) is -20.2. The highest BCUT2D eigenvalue weighted by Crippen LogP contribution is 2.41. The van der Waals surface area contributed by atoms with E-state index in [9.17, 15) is 61.5 Å². The number of rotatable bonds is 14. The van der Waals surface area contributed by atoms with Crippen molar-refractivity contribution in [2.45, 2.75) is 21.6 Å². The first-order valence-electron chi connectivity index (χ1n) is 19.0. The first kappa shape index (κ1) is 48.2. The zero-order valence-electron chi connectivity index (χ0n) is 34.4. The molecule has 2 aliphatic carbocycles. The van der Waals surface area contributed by atoms with E-state index in [-0.39, 0.29) is 22.8 Å². The largest absolute Gasteiger partial charge is 0.396 e. The molecular weight excluding hydrogens is 971 g/mol. The predicted molar refractivity (Wildman–Crippen MR) is 250 cm³/mol. The lowest BCUT2D eigenvalue weighted by molar-refractivity contribution is -0.110. The fraction of sp³-hybridized carbons (Fsp3) is 0.0244. The molecule has 0 radical (unpaired) electrons. The summed E-state index contributed by atoms with van der Waals surface area (Å²) in [5.41, 5.74) is 10.4. The summed E-state index contributed by atoms with van der Waals surface area (Å²) in [4.78, 5) is 22.5. The molecule has 2 aliphatic rings. The van der Waals surface area contributed by atoms with E-state index in [1.165, 1.54) is 24.3 Å². The zero-order chi connectivity index (χ0) is 49.3. The van der Waals surface area contributed by atoms with Crippen molar-refractivity contribution in [2.75, 3.05) is 27.2 Å². The SMILES string of the molecule is Cc1ccccc1NC1=CC(=O)C=C/C1=N\Nc1ccc(Nc2ccc(N=Nc3c(S(=O)(=O)O)cc4c(c3N)C(=O)/C(=N\Nc3ccc(S(=O)(=O)O)cc3)C(S(=O)(=O)O)=C4)cc2S(=O)(=O)O)cc1. The predicted octanol–water partition coefficient (Wildman–Crippen LogP) is 6.27. The van der Waals surface area contributed by atoms with Gasteiger partial charge in [0.1, 0.15) is 26.1 Å². The average molecular weight is 1000 g/mol. The first-order valence-corrected chi connectivity index (χ1v) is 24.7. The van der Waals surface area contributed by atoms with E-state index >= 15 is 0 Å². The van der Waals surface area contributed by atoms with Crippen LogP contribution in [0.25, 0.3) is 6.08 Å². The number of fused-ring (bicyclic) bond motifs is 1. The quantitative estimate of drug-likeness (QED) is 0.0194. The number of allylic oxidation sites excluding steroid dienone is 4. The molecule has 0 saturated carbocycles. The number of nitrogen functional groups attached to an aromatic ring is 1. The number of carbonyl (C=O) groups excluding carboxylic acids is 2. The van der Waals surface area contributed by atoms with Crippen molar-refractivity contribution in [3.05, 3.63) is 143 Å². The van der Waals surface area contributed by atoms with Gasteiger partial charge in [0.05, 0.1) is 44.6 Å². The molecule has 5 aromatic rings. The second-order valence-electron chi connectivity index (χ2n) is 14.4. The van der Waals surface area contributed by atoms with E-state index < -0.39 is 94.1 Å². The number of nitrogens with one attached hydrogen (secondary N) is 4. The van der Waals surface area contributed by atoms with Gasteiger partial charge in [-0.1, -0.05) is 18.2 Å². The fourth-order valence-electron chi connectivity index (χ4n) is 6.40. The normalized spacial score (nSPS) is 15.5. The fourth-order valence-corrected chi connectivity index (χ4v) is 8.87. The Morgan fingerprint density at radius 1 is 0.588 bits per heavy atom. The monoisotopic (exact) mass is 1000 g/mol. The van der Waals surface area contributed by atoms with Crippen LogP contribution in [0.15, 0.2) is 161 Å². The van der Waals surface area contributed by atoms with Crippen LogP contribution in [0.3, 0.4) is 0 Å². The van der Waals surface area contributed by atoms with Crippen molar-refractivity contribution in [3.8, 4) is 0 Å². The maximum absolute atomic E-state index is 13.8. The molecule has 0 fully saturated rings. The number of nitrogens with two attached hydrogens (primary N) is 1. The van der Waals surface area contributed by atoms with Crippen LogP contribution >= 0.6 is 0 Å². The van der Waals surface area contributed by atoms with Gasteiger partial charge in [-0.25, -0.2) is 0 Å². The van der Waals surface area contributed by atoms with Gasteiger partial charge in [-0.2, -0.15) is 49.0 Å². The molecule has 23 nitrogen and oxygen atoms in total. The van der Waals surface area contributed by atoms with Crippen LogP contribution in [-0.4, -0.2) is 74.9 Å². The molecule has 7 rings (SSSR count). The minimum atomic E-state index is -5.31. The van der Waals surface area contributed by atoms with E-state index in [4.69, 9.17) is 5.73 Å². The summed E-state index contributed by atoms with van der Waals surface area (Å²) in [6.07, 6.45) is 4.93. The highest BCUT2D eigenvalue weighted by Gasteiger charge is 2.37. The number of aryl methyl sites for hydroxylation is 1. The Bertz CT molecular complexity index is 3610. The van der Waals surface area contributed by atoms with Crippen molar-refractivity contribution in [2.24, 2.45) is 20.4 Å². The standard InChI is InChI=1S/C41H33N9O14S4/c1-22-4-2-3-5-30(22)44-33-21-28(51)13-17-31(33)48-45-25-8-6-24(7-9-25)43-32-16-12-27(20-34(32)66(56,57)58)47-49-39-35(67(59,60)61)18-23-19-36(68(62,63)64)40(41(52)37(23)38(39)42)50-46-26-10-14-29(15-11-26)65(53,54)55/h2-21,43-46H,42H2,1H3,(H,53,54,55)(H,56,57,58)(H,59,60,61)(H,62,63,64)/b48-31+,49-47?,50-40-. The van der Waals surface area contributed by atoms with Crippen molar-refractivity contribution in [1.29, 1.82) is 0 Å². The number of nitrogens with zero attached hydrogens (tertiary/aromatic N) is 4. The number of anilines is 6. The Labute approximate surface area is 386 Å². The summed E-state index contributed by atoms with van der Waals surface area (Å²) in [5.74, 6) is -1.56. The van der Waals surface area contributed by atoms with Gasteiger partial charge in [0.25, 0.3) is 40.5 Å². The Morgan fingerprint density at radius 3 is 1.82 bits per heavy atom. The molecule has 0 saturated heterocycles. The third-order valence-corrected chi connectivity index (χ3v) is 13.2. The second-order valence-corrected chi connectivity index (χ2v) is 20.0. The molecule has 10 N–H and O–H groups in total. The maximum Gasteiger partial charge on any atom is 0.296 e. The van der Waals surface area contributed by atoms with Gasteiger partial charge in [0.2, 0.25) is 5.78 Å². The Balaban J connectivity index is 1.15. The van der Waals surface area contributed by atoms with Gasteiger partial charge >= 0.3 is 0 Å². The molecule has 5 aromatic carbocycles. The molecule has 0 aromatic heterocycles. The number of hydrazone groups is 2. The van der Waals surface area contributed by atoms with E-state index in [1.807, 2.05) is 31.2 Å². The molecule has 0 bridgehead atoms. The summed E-state index contributed by atoms with van der Waals surface area (Å²) in [5, 5.41) is 21.8. The van der Waals surface area contributed by atoms with E-state index in [0.717, 1.165) is 41.6 Å². The van der Waals surface area contributed by atoms with Gasteiger partial charge in [-0.3, -0.25) is 38.7 Å². The lowest BCUT2D eigenvalue weighted by atomic mass is 9.92. The molecule has 350 valence electrons. The molecule has 0 amide bonds. The van der Waals surface area contributed by atoms with E-state index in [2.05, 4.69) is 41.9 Å². The van der Waals surface area contributed by atoms with Gasteiger partial charge in [-0.05, 0) is 115 Å². The molecule has 0 heterocycles. The lowest BCUT2D eigenvalue weighted by Gasteiger charge is -2.20. The topological polar surface area (TPSA) is 375 Å². The molecule has 0 atom stereocenters. The smallest absolute Gasteiger partial charge is 0.296 e. The Morgan fingerprint density at radius 2 is 1.21 bits per heavy atom. The Kier molecular flexibility index (Phi) is 13.1. The number of benzene rings is 5. The number of ketones is 2. The third-order valence-electron chi connectivity index (χ3n) is 9.66. The van der Waals surface area contributed by atoms with Crippen LogP contribution in [0, 0.1) is 6.92 Å². The number of Topliss-reactive ketones (excluding diaryl/α,β-unsaturated/α-hetero) is 1. The van der Waals surface area contributed by atoms with Crippen LogP contribution in [0.2, 0.25) is 0 Å². The zero-order valence-corrected chi connectivity index (χ0v) is 37.7. The highest BCUT2D eigenvalue weighted by molar-refractivity contribution is 7.91. The maximum atomic E-state index is 13.8. The molecule has 0 aliphatic heterocycles. The molecule has 27 heteroatoms. The summed E-state index contributed by atoms with van der Waals surface area (Å²) in [6, 6.07) is 21.7. The first-order chi connectivity index (χ1) is 31.9. The third kappa shape index (κ3) is 10.9. The molecule has 0 unspecified atom stereocenters. The van der Waals surface area contributed by atoms with E-state index in [1.54, 1.807) is 30.3 Å². The average Bonchev–Trinajstić information content (AvgIpc) is 3.25. The van der Waals surface area contributed by atoms with Crippen molar-refractivity contribution in [3.63, 3.8) is 0 Å². The molecular formula is C41H33N9O14S4. The Hall–Kier alpha value is -7.76. The van der Waals surface area contributed by atoms with Crippen molar-refractivity contribution in [1.82, 2.24) is 0 Å². The summed E-state index contributed by atoms with van der Waals surface area (Å²) < 4.78 is 138. The highest BCUT2D eigenvalue weighted by atomic mass is 32.2. The van der Waals surface area contributed by atoms with Crippen LogP contribution in [0.5, 0.6) is 0 Å². The van der Waals surface area contributed by atoms with Crippen LogP contribution in [0.1, 0.15) is 21.5 Å². The van der Waals surface area contributed by atoms with Crippen LogP contribution in [0.4, 0.5) is 45.5 Å². The lowest BCUT2D eigenvalue weighted by Crippen LogP contribution is -2.28. The minimum absolute atomic E-state index is 0.0439. The van der Waals surface area contributed by atoms with Gasteiger partial charge < -0.3 is 16.4 Å². The second kappa shape index (κ2) is 18.5. The number of carbonyl (C=O) groups is 2. The molecule has 68 heavy (non-hydrogen) atoms. The molecule has 0 spiro atoms. The van der Waals surface area contributed by atoms with Gasteiger partial charge in [-0.15, -0.1) is 5.11 Å². The number of hydrogen-bond donors (Lipinski definition) is 9. The van der Waals surface area contributed by atoms with Crippen molar-refractivity contribution < 1.29 is 61.5 Å². The van der Waals surface area contributed by atoms with Crippen LogP contribution in [-0.2, 0) is 45.3 Å². The number of hydrogen-bond acceptors (Lipinski definition) is 19. The number of azo groups is 1. The summed E-state index contributed by atoms with van der Waals surface area (Å²) in [6.45, 7) is 1.91. The minimum Gasteiger partial charge on any atom is -0.396 e. The number of para-hydroxylation sites is 1. The van der Waals surface area contributed by atoms with E-state index in [0.29, 0.717) is 34.9 Å².